The molecule has 0 rings (SSSR count). The number of unbranched alkanes of at least 4 members (excludes halogenated alkanes) is 1. The molecule has 0 saturated carbocycles. The van der Waals surface area contributed by atoms with E-state index in [4.69, 9.17) is 17.0 Å². The van der Waals surface area contributed by atoms with Crippen molar-refractivity contribution in [2.24, 2.45) is 5.41 Å². The summed E-state index contributed by atoms with van der Waals surface area (Å²) >= 11 is 4.94. The maximum absolute atomic E-state index is 11.1. The van der Waals surface area contributed by atoms with Gasteiger partial charge in [-0.1, -0.05) is 39.4 Å². The molecule has 0 fully saturated rings. The highest BCUT2D eigenvalue weighted by Gasteiger charge is 2.22. The van der Waals surface area contributed by atoms with E-state index in [-0.39, 0.29) is 11.4 Å². The first-order valence-electron chi connectivity index (χ1n) is 8.13. The predicted octanol–water partition coefficient (Wildman–Crippen LogP) is 5.08. The Balaban J connectivity index is -0.000000286. The lowest BCUT2D eigenvalue weighted by molar-refractivity contribution is -0.153. The molecule has 4 heteroatoms. The minimum atomic E-state index is -0.353. The summed E-state index contributed by atoms with van der Waals surface area (Å²) in [7, 11) is 0. The Morgan fingerprint density at radius 2 is 1.52 bits per heavy atom. The van der Waals surface area contributed by atoms with Gasteiger partial charge in [-0.05, 0) is 48.0 Å². The Morgan fingerprint density at radius 3 is 1.71 bits per heavy atom. The normalized spacial score (nSPS) is 9.57. The number of carbonyl (C=O) groups is 1. The van der Waals surface area contributed by atoms with Crippen molar-refractivity contribution in [2.45, 2.75) is 75.2 Å². The first kappa shape index (κ1) is 25.3. The summed E-state index contributed by atoms with van der Waals surface area (Å²) in [4.78, 5) is 14.3. The van der Waals surface area contributed by atoms with E-state index in [0.29, 0.717) is 6.61 Å². The zero-order chi connectivity index (χ0) is 17.5. The molecule has 0 aromatic carbocycles. The Labute approximate surface area is 138 Å². The van der Waals surface area contributed by atoms with E-state index in [1.807, 2.05) is 41.5 Å². The van der Waals surface area contributed by atoms with Crippen LogP contribution in [0.15, 0.2) is 0 Å². The molecule has 0 spiro atoms. The SMILES string of the molecule is CC.CCCCOC(=O)C(C)(C)C.CCN(CC)C(C)=S. The van der Waals surface area contributed by atoms with Crippen molar-refractivity contribution in [3.63, 3.8) is 0 Å². The Morgan fingerprint density at radius 1 is 1.10 bits per heavy atom. The molecule has 0 aliphatic rings. The Bertz CT molecular complexity index is 256. The van der Waals surface area contributed by atoms with E-state index in [9.17, 15) is 4.79 Å². The summed E-state index contributed by atoms with van der Waals surface area (Å²) in [6.45, 7) is 20.5. The number of nitrogens with zero attached hydrogens (tertiary/aromatic N) is 1. The fourth-order valence-corrected chi connectivity index (χ4v) is 1.45. The summed E-state index contributed by atoms with van der Waals surface area (Å²) in [6, 6.07) is 0. The molecule has 0 aromatic heterocycles. The summed E-state index contributed by atoms with van der Waals surface area (Å²) in [5.74, 6) is -0.106. The molecule has 0 aromatic rings. The fraction of sp³-hybridized carbons (Fsp3) is 0.882. The van der Waals surface area contributed by atoms with Gasteiger partial charge in [0.25, 0.3) is 0 Å². The Hall–Kier alpha value is -0.640. The zero-order valence-corrected chi connectivity index (χ0v) is 16.5. The van der Waals surface area contributed by atoms with Crippen molar-refractivity contribution in [3.05, 3.63) is 0 Å². The smallest absolute Gasteiger partial charge is 0.311 e. The molecule has 0 aliphatic carbocycles. The van der Waals surface area contributed by atoms with Crippen molar-refractivity contribution in [3.8, 4) is 0 Å². The quantitative estimate of drug-likeness (QED) is 0.401. The third kappa shape index (κ3) is 17.3. The second-order valence-corrected chi connectivity index (χ2v) is 6.02. The number of thiocarbonyl (C=S) groups is 1. The van der Waals surface area contributed by atoms with Crippen molar-refractivity contribution < 1.29 is 9.53 Å². The van der Waals surface area contributed by atoms with Gasteiger partial charge in [0.15, 0.2) is 0 Å². The molecule has 0 atom stereocenters. The van der Waals surface area contributed by atoms with Gasteiger partial charge in [0.2, 0.25) is 0 Å². The monoisotopic (exact) mass is 319 g/mol. The van der Waals surface area contributed by atoms with Gasteiger partial charge in [-0.3, -0.25) is 4.79 Å². The van der Waals surface area contributed by atoms with Gasteiger partial charge in [0, 0.05) is 13.1 Å². The molecular weight excluding hydrogens is 282 g/mol. The predicted molar refractivity (Wildman–Crippen MR) is 97.9 cm³/mol. The molecule has 0 amide bonds. The molecule has 0 radical (unpaired) electrons. The van der Waals surface area contributed by atoms with Crippen LogP contribution in [0.3, 0.4) is 0 Å². The van der Waals surface area contributed by atoms with Gasteiger partial charge in [-0.15, -0.1) is 0 Å². The second kappa shape index (κ2) is 15.7. The fourth-order valence-electron chi connectivity index (χ4n) is 1.19. The number of hydrogen-bond donors (Lipinski definition) is 0. The van der Waals surface area contributed by atoms with Crippen LogP contribution in [-0.4, -0.2) is 35.6 Å². The number of hydrogen-bond acceptors (Lipinski definition) is 3. The maximum atomic E-state index is 11.1. The number of esters is 1. The van der Waals surface area contributed by atoms with Crippen LogP contribution in [0.5, 0.6) is 0 Å². The molecule has 0 unspecified atom stereocenters. The first-order valence-corrected chi connectivity index (χ1v) is 8.54. The van der Waals surface area contributed by atoms with Crippen molar-refractivity contribution >= 4 is 23.2 Å². The summed E-state index contributed by atoms with van der Waals surface area (Å²) in [5, 5.41) is 0. The van der Waals surface area contributed by atoms with E-state index in [1.54, 1.807) is 0 Å². The van der Waals surface area contributed by atoms with E-state index in [2.05, 4.69) is 25.7 Å². The standard InChI is InChI=1S/C9H18O2.C6H13NS.C2H6/c1-5-6-7-11-8(10)9(2,3)4;1-4-7(5-2)6(3)8;1-2/h5-7H2,1-4H3;4-5H2,1-3H3;1-2H3. The molecule has 128 valence electrons. The van der Waals surface area contributed by atoms with Gasteiger partial charge in [0.1, 0.15) is 0 Å². The Kier molecular flexibility index (Phi) is 19.0. The minimum absolute atomic E-state index is 0.106. The molecule has 0 heterocycles. The lowest BCUT2D eigenvalue weighted by Gasteiger charge is -2.17. The second-order valence-electron chi connectivity index (χ2n) is 5.43. The first-order chi connectivity index (χ1) is 9.70. The van der Waals surface area contributed by atoms with Crippen molar-refractivity contribution in [1.82, 2.24) is 4.90 Å². The average Bonchev–Trinajstić information content (AvgIpc) is 2.42. The largest absolute Gasteiger partial charge is 0.465 e. The maximum Gasteiger partial charge on any atom is 0.311 e. The van der Waals surface area contributed by atoms with E-state index in [1.165, 1.54) is 0 Å². The molecule has 0 bridgehead atoms. The van der Waals surface area contributed by atoms with Crippen LogP contribution < -0.4 is 0 Å². The van der Waals surface area contributed by atoms with Crippen LogP contribution in [0.2, 0.25) is 0 Å². The number of rotatable bonds is 5. The third-order valence-electron chi connectivity index (χ3n) is 2.55. The van der Waals surface area contributed by atoms with Gasteiger partial charge in [-0.2, -0.15) is 0 Å². The van der Waals surface area contributed by atoms with Crippen LogP contribution >= 0.6 is 12.2 Å². The van der Waals surface area contributed by atoms with Gasteiger partial charge < -0.3 is 9.64 Å². The molecule has 0 saturated heterocycles. The highest BCUT2D eigenvalue weighted by molar-refractivity contribution is 7.80. The highest BCUT2D eigenvalue weighted by Crippen LogP contribution is 2.15. The van der Waals surface area contributed by atoms with E-state index < -0.39 is 0 Å². The van der Waals surface area contributed by atoms with Crippen LogP contribution in [0.4, 0.5) is 0 Å². The molecule has 21 heavy (non-hydrogen) atoms. The molecule has 0 aliphatic heterocycles. The van der Waals surface area contributed by atoms with Gasteiger partial charge >= 0.3 is 5.97 Å². The van der Waals surface area contributed by atoms with Crippen molar-refractivity contribution in [2.75, 3.05) is 19.7 Å². The van der Waals surface area contributed by atoms with Crippen molar-refractivity contribution in [1.29, 1.82) is 0 Å². The van der Waals surface area contributed by atoms with Gasteiger partial charge in [-0.25, -0.2) is 0 Å². The topological polar surface area (TPSA) is 29.5 Å². The molecular formula is C17H37NO2S. The van der Waals surface area contributed by atoms with Gasteiger partial charge in [0.05, 0.1) is 17.0 Å². The van der Waals surface area contributed by atoms with E-state index in [0.717, 1.165) is 30.9 Å². The molecule has 3 nitrogen and oxygen atoms in total. The van der Waals surface area contributed by atoms with Crippen LogP contribution in [0, 0.1) is 5.41 Å². The third-order valence-corrected chi connectivity index (χ3v) is 2.81. The lowest BCUT2D eigenvalue weighted by Crippen LogP contribution is -2.26. The minimum Gasteiger partial charge on any atom is -0.465 e. The molecule has 0 N–H and O–H groups in total. The van der Waals surface area contributed by atoms with Crippen LogP contribution in [-0.2, 0) is 9.53 Å². The average molecular weight is 320 g/mol. The lowest BCUT2D eigenvalue weighted by atomic mass is 9.97. The van der Waals surface area contributed by atoms with Crippen LogP contribution in [0.1, 0.15) is 75.2 Å². The number of ether oxygens (including phenoxy) is 1. The number of carbonyl (C=O) groups excluding carboxylic acids is 1. The summed E-state index contributed by atoms with van der Waals surface area (Å²) in [5.41, 5.74) is -0.353. The zero-order valence-electron chi connectivity index (χ0n) is 15.7. The summed E-state index contributed by atoms with van der Waals surface area (Å²) < 4.78 is 5.01. The highest BCUT2D eigenvalue weighted by atomic mass is 32.1. The van der Waals surface area contributed by atoms with E-state index >= 15 is 0 Å². The summed E-state index contributed by atoms with van der Waals surface area (Å²) in [6.07, 6.45) is 2.03. The van der Waals surface area contributed by atoms with Crippen LogP contribution in [0.25, 0.3) is 0 Å².